The highest BCUT2D eigenvalue weighted by Crippen LogP contribution is 2.47. The Bertz CT molecular complexity index is 1420. The minimum Gasteiger partial charge on any atom is -0.491 e. The van der Waals surface area contributed by atoms with Crippen molar-refractivity contribution in [2.24, 2.45) is 17.8 Å². The second-order valence-corrected chi connectivity index (χ2v) is 16.4. The van der Waals surface area contributed by atoms with Gasteiger partial charge in [-0.25, -0.2) is 0 Å². The van der Waals surface area contributed by atoms with Crippen LogP contribution in [-0.2, 0) is 12.8 Å². The lowest BCUT2D eigenvalue weighted by Crippen LogP contribution is -2.61. The van der Waals surface area contributed by atoms with E-state index >= 15 is 0 Å². The van der Waals surface area contributed by atoms with Crippen molar-refractivity contribution in [1.29, 1.82) is 0 Å². The fraction of sp³-hybridized carbons (Fsp3) is 0.628. The summed E-state index contributed by atoms with van der Waals surface area (Å²) in [5.74, 6) is 4.38. The molecule has 6 heteroatoms. The maximum absolute atomic E-state index is 6.76. The van der Waals surface area contributed by atoms with Crippen molar-refractivity contribution >= 4 is 23.3 Å². The molecule has 2 aromatic carbocycles. The number of anilines is 1. The van der Waals surface area contributed by atoms with E-state index < -0.39 is 0 Å². The highest BCUT2D eigenvalue weighted by Gasteiger charge is 2.46. The summed E-state index contributed by atoms with van der Waals surface area (Å²) in [7, 11) is 0. The fourth-order valence-electron chi connectivity index (χ4n) is 9.25. The normalized spacial score (nSPS) is 26.7. The molecular weight excluding hydrogens is 621 g/mol. The maximum atomic E-state index is 6.76. The molecule has 5 nitrogen and oxygen atoms in total. The minimum absolute atomic E-state index is 0.323. The zero-order chi connectivity index (χ0) is 34.3. The van der Waals surface area contributed by atoms with Crippen LogP contribution >= 0.6 is 11.9 Å². The van der Waals surface area contributed by atoms with Gasteiger partial charge in [0.25, 0.3) is 0 Å². The van der Waals surface area contributed by atoms with E-state index in [0.717, 1.165) is 67.6 Å². The molecule has 3 aliphatic heterocycles. The van der Waals surface area contributed by atoms with Gasteiger partial charge in [-0.15, -0.1) is 0 Å². The molecule has 3 fully saturated rings. The van der Waals surface area contributed by atoms with E-state index in [0.29, 0.717) is 36.3 Å². The topological polar surface area (TPSA) is 31.0 Å². The number of hydrogen-bond acceptors (Lipinski definition) is 6. The average Bonchev–Trinajstić information content (AvgIpc) is 3.31. The summed E-state index contributed by atoms with van der Waals surface area (Å²) in [6, 6.07) is 15.3. The number of fused-ring (bicyclic) bond motifs is 2. The maximum Gasteiger partial charge on any atom is 0.142 e. The zero-order valence-corrected chi connectivity index (χ0v) is 32.1. The highest BCUT2D eigenvalue weighted by molar-refractivity contribution is 7.97. The van der Waals surface area contributed by atoms with Crippen molar-refractivity contribution in [2.45, 2.75) is 104 Å². The van der Waals surface area contributed by atoms with Gasteiger partial charge in [0.2, 0.25) is 0 Å². The third-order valence-corrected chi connectivity index (χ3v) is 12.8. The van der Waals surface area contributed by atoms with Crippen LogP contribution in [0.25, 0.3) is 5.70 Å². The van der Waals surface area contributed by atoms with Crippen LogP contribution in [0, 0.1) is 17.8 Å². The Morgan fingerprint density at radius 1 is 1.06 bits per heavy atom. The summed E-state index contributed by atoms with van der Waals surface area (Å²) in [6.45, 7) is 23.7. The van der Waals surface area contributed by atoms with Crippen LogP contribution in [0.1, 0.15) is 101 Å². The molecule has 3 heterocycles. The van der Waals surface area contributed by atoms with Crippen molar-refractivity contribution in [3.63, 3.8) is 0 Å². The quantitative estimate of drug-likeness (QED) is 0.158. The molecule has 1 saturated carbocycles. The number of ether oxygens (including phenoxy) is 1. The lowest BCUT2D eigenvalue weighted by atomic mass is 9.61. The number of benzene rings is 2. The van der Waals surface area contributed by atoms with Gasteiger partial charge >= 0.3 is 0 Å². The molecule has 2 aromatic rings. The Morgan fingerprint density at radius 2 is 1.94 bits per heavy atom. The van der Waals surface area contributed by atoms with Gasteiger partial charge in [0.15, 0.2) is 0 Å². The van der Waals surface area contributed by atoms with Gasteiger partial charge in [0.1, 0.15) is 5.75 Å². The van der Waals surface area contributed by atoms with E-state index in [4.69, 9.17) is 4.74 Å². The summed E-state index contributed by atoms with van der Waals surface area (Å²) in [5.41, 5.74) is 7.79. The molecule has 268 valence electrons. The third-order valence-electron chi connectivity index (χ3n) is 12.1. The molecule has 6 unspecified atom stereocenters. The molecule has 0 radical (unpaired) electrons. The number of aryl methyl sites for hydroxylation is 2. The zero-order valence-electron chi connectivity index (χ0n) is 31.3. The van der Waals surface area contributed by atoms with Gasteiger partial charge in [-0.05, 0) is 97.7 Å². The van der Waals surface area contributed by atoms with Crippen molar-refractivity contribution in [3.8, 4) is 5.75 Å². The molecule has 0 spiro atoms. The van der Waals surface area contributed by atoms with Gasteiger partial charge < -0.3 is 14.4 Å². The Morgan fingerprint density at radius 3 is 2.71 bits per heavy atom. The molecule has 2 saturated heterocycles. The number of allylic oxidation sites excluding steroid dienone is 1. The summed E-state index contributed by atoms with van der Waals surface area (Å²) < 4.78 is 10.2. The van der Waals surface area contributed by atoms with E-state index in [2.05, 4.69) is 109 Å². The van der Waals surface area contributed by atoms with E-state index in [1.807, 2.05) is 0 Å². The predicted molar refractivity (Wildman–Crippen MR) is 212 cm³/mol. The Kier molecular flexibility index (Phi) is 12.8. The average molecular weight is 685 g/mol. The number of hydrogen-bond donors (Lipinski definition) is 1. The number of nitrogens with one attached hydrogen (secondary N) is 1. The SMILES string of the molecule is C=C(NSCC)c1ccc2c(c1)N(CC1C(C)CC1C(/C=C/CC)N1CCN3CCCCC3C1)CC(c1ccc(CC)cc1CCC)CO2. The Labute approximate surface area is 303 Å². The summed E-state index contributed by atoms with van der Waals surface area (Å²) in [6.07, 6.45) is 15.0. The first-order valence-electron chi connectivity index (χ1n) is 19.8. The number of rotatable bonds is 14. The van der Waals surface area contributed by atoms with Crippen LogP contribution in [0.2, 0.25) is 0 Å². The van der Waals surface area contributed by atoms with Crippen molar-refractivity contribution in [1.82, 2.24) is 14.5 Å². The molecule has 4 aliphatic rings. The van der Waals surface area contributed by atoms with Crippen LogP contribution in [0.3, 0.4) is 0 Å². The van der Waals surface area contributed by atoms with Gasteiger partial charge in [-0.1, -0.05) is 96.3 Å². The monoisotopic (exact) mass is 684 g/mol. The van der Waals surface area contributed by atoms with Gasteiger partial charge in [0.05, 0.1) is 12.3 Å². The minimum atomic E-state index is 0.323. The van der Waals surface area contributed by atoms with Crippen molar-refractivity contribution < 1.29 is 4.74 Å². The molecule has 0 aromatic heterocycles. The van der Waals surface area contributed by atoms with Gasteiger partial charge in [-0.2, -0.15) is 0 Å². The van der Waals surface area contributed by atoms with Crippen LogP contribution < -0.4 is 14.4 Å². The number of piperidine rings is 1. The molecule has 0 amide bonds. The Balaban J connectivity index is 1.31. The standard InChI is InChI=1S/C43H64N4OS/c1-7-11-16-41(46-23-22-45-21-13-12-15-37(45)28-46)39-24-31(5)40(39)29-47-27-36(38-19-17-33(9-3)25-35(38)14-8-2)30-48-43-20-18-34(26-42(43)47)32(6)44-49-10-4/h11,16-20,25-26,31,36-37,39-41,44H,6-10,12-15,21-24,27-30H2,1-5H3/b16-11+. The fourth-order valence-corrected chi connectivity index (χ4v) is 9.69. The van der Waals surface area contributed by atoms with Crippen LogP contribution in [-0.4, -0.2) is 73.5 Å². The molecule has 1 N–H and O–H groups in total. The molecule has 6 rings (SSSR count). The second kappa shape index (κ2) is 17.2. The lowest BCUT2D eigenvalue weighted by molar-refractivity contribution is -0.0217. The molecule has 49 heavy (non-hydrogen) atoms. The van der Waals surface area contributed by atoms with E-state index in [-0.39, 0.29) is 0 Å². The Hall–Kier alpha value is -2.41. The third kappa shape index (κ3) is 8.39. The second-order valence-electron chi connectivity index (χ2n) is 15.3. The van der Waals surface area contributed by atoms with Crippen LogP contribution in [0.4, 0.5) is 5.69 Å². The van der Waals surface area contributed by atoms with Gasteiger partial charge in [-0.3, -0.25) is 9.80 Å². The largest absolute Gasteiger partial charge is 0.491 e. The predicted octanol–water partition coefficient (Wildman–Crippen LogP) is 9.19. The highest BCUT2D eigenvalue weighted by atomic mass is 32.2. The first kappa shape index (κ1) is 36.4. The molecular formula is C43H64N4OS. The number of nitrogens with zero attached hydrogens (tertiary/aromatic N) is 3. The van der Waals surface area contributed by atoms with Crippen LogP contribution in [0.5, 0.6) is 5.75 Å². The van der Waals surface area contributed by atoms with Crippen LogP contribution in [0.15, 0.2) is 55.1 Å². The lowest BCUT2D eigenvalue weighted by Gasteiger charge is -2.54. The number of piperazine rings is 1. The summed E-state index contributed by atoms with van der Waals surface area (Å²) in [4.78, 5) is 8.40. The molecule has 6 atom stereocenters. The van der Waals surface area contributed by atoms with E-state index in [9.17, 15) is 0 Å². The smallest absolute Gasteiger partial charge is 0.142 e. The first-order chi connectivity index (χ1) is 23.9. The summed E-state index contributed by atoms with van der Waals surface area (Å²) in [5, 5.41) is 0. The van der Waals surface area contributed by atoms with Gasteiger partial charge in [0, 0.05) is 67.7 Å². The van der Waals surface area contributed by atoms with Crippen molar-refractivity contribution in [2.75, 3.05) is 56.5 Å². The first-order valence-corrected chi connectivity index (χ1v) is 20.8. The van der Waals surface area contributed by atoms with E-state index in [1.165, 1.54) is 74.2 Å². The van der Waals surface area contributed by atoms with E-state index in [1.54, 1.807) is 11.9 Å². The molecule has 1 aliphatic carbocycles. The summed E-state index contributed by atoms with van der Waals surface area (Å²) >= 11 is 1.71. The van der Waals surface area contributed by atoms with Crippen molar-refractivity contribution in [3.05, 3.63) is 77.4 Å². The molecule has 0 bridgehead atoms.